The van der Waals surface area contributed by atoms with Gasteiger partial charge in [0, 0.05) is 0 Å². The Morgan fingerprint density at radius 2 is 0.476 bits per heavy atom. The van der Waals surface area contributed by atoms with Gasteiger partial charge < -0.3 is 0 Å². The van der Waals surface area contributed by atoms with Crippen molar-refractivity contribution >= 4 is 0 Å². The summed E-state index contributed by atoms with van der Waals surface area (Å²) in [4.78, 5) is 0. The van der Waals surface area contributed by atoms with Crippen molar-refractivity contribution in [3.8, 4) is 44.5 Å². The van der Waals surface area contributed by atoms with Crippen molar-refractivity contribution in [1.82, 2.24) is 0 Å². The van der Waals surface area contributed by atoms with Crippen LogP contribution in [0.5, 0.6) is 0 Å². The van der Waals surface area contributed by atoms with Crippen LogP contribution in [0.4, 0.5) is 0 Å². The third-order valence-corrected chi connectivity index (χ3v) is 8.53. The van der Waals surface area contributed by atoms with E-state index in [0.717, 1.165) is 0 Å². The molecule has 0 bridgehead atoms. The largest absolute Gasteiger partial charge is 0.0654 e. The highest BCUT2D eigenvalue weighted by Gasteiger charge is 2.05. The van der Waals surface area contributed by atoms with Crippen molar-refractivity contribution in [3.63, 3.8) is 0 Å². The fraction of sp³-hybridized carbons (Fsp3) is 0.286. The number of hydrogen-bond acceptors (Lipinski definition) is 0. The third kappa shape index (κ3) is 8.10. The second-order valence-corrected chi connectivity index (χ2v) is 11.7. The Balaban J connectivity index is 1.18. The van der Waals surface area contributed by atoms with Crippen molar-refractivity contribution < 1.29 is 0 Å². The van der Waals surface area contributed by atoms with Gasteiger partial charge >= 0.3 is 0 Å². The number of unbranched alkanes of at least 4 members (excludes halogenated alkanes) is 6. The van der Waals surface area contributed by atoms with Gasteiger partial charge in [0.2, 0.25) is 0 Å². The SMILES string of the molecule is CCCCCCc1ccc(-c2ccc(-c3ccc(-c4ccc(-c5ccc(CCCCCC)cc5)cc4)cc3)cc2)cc1. The molecule has 0 nitrogen and oxygen atoms in total. The second-order valence-electron chi connectivity index (χ2n) is 11.7. The van der Waals surface area contributed by atoms with Crippen molar-refractivity contribution in [2.45, 2.75) is 78.1 Å². The molecule has 0 amide bonds. The van der Waals surface area contributed by atoms with Crippen LogP contribution in [0.25, 0.3) is 44.5 Å². The molecule has 42 heavy (non-hydrogen) atoms. The predicted octanol–water partition coefficient (Wildman–Crippen LogP) is 12.6. The van der Waals surface area contributed by atoms with Crippen LogP contribution in [0.2, 0.25) is 0 Å². The van der Waals surface area contributed by atoms with E-state index < -0.39 is 0 Å². The minimum absolute atomic E-state index is 1.19. The Kier molecular flexibility index (Phi) is 10.8. The van der Waals surface area contributed by atoms with Crippen LogP contribution < -0.4 is 0 Å². The first kappa shape index (κ1) is 29.6. The van der Waals surface area contributed by atoms with Gasteiger partial charge in [0.05, 0.1) is 0 Å². The average Bonchev–Trinajstić information content (AvgIpc) is 3.06. The van der Waals surface area contributed by atoms with Gasteiger partial charge in [-0.2, -0.15) is 0 Å². The Hall–Kier alpha value is -3.90. The molecule has 0 saturated carbocycles. The summed E-state index contributed by atoms with van der Waals surface area (Å²) in [6.07, 6.45) is 12.9. The highest BCUT2D eigenvalue weighted by molar-refractivity contribution is 5.75. The molecule has 5 aromatic rings. The molecule has 0 radical (unpaired) electrons. The highest BCUT2D eigenvalue weighted by Crippen LogP contribution is 2.29. The zero-order valence-electron chi connectivity index (χ0n) is 25.6. The Bertz CT molecular complexity index is 1350. The molecule has 0 aromatic heterocycles. The molecule has 0 fully saturated rings. The third-order valence-electron chi connectivity index (χ3n) is 8.53. The van der Waals surface area contributed by atoms with Crippen LogP contribution in [-0.4, -0.2) is 0 Å². The summed E-state index contributed by atoms with van der Waals surface area (Å²) in [5, 5.41) is 0. The fourth-order valence-electron chi connectivity index (χ4n) is 5.80. The highest BCUT2D eigenvalue weighted by atomic mass is 14.1. The molecule has 0 saturated heterocycles. The molecule has 0 heteroatoms. The lowest BCUT2D eigenvalue weighted by Gasteiger charge is -2.09. The fourth-order valence-corrected chi connectivity index (χ4v) is 5.80. The Morgan fingerprint density at radius 3 is 0.690 bits per heavy atom. The summed E-state index contributed by atoms with van der Waals surface area (Å²) in [7, 11) is 0. The molecule has 0 spiro atoms. The van der Waals surface area contributed by atoms with Crippen molar-refractivity contribution in [2.24, 2.45) is 0 Å². The lowest BCUT2D eigenvalue weighted by atomic mass is 9.96. The van der Waals surface area contributed by atoms with Gasteiger partial charge in [-0.1, -0.05) is 174 Å². The number of rotatable bonds is 14. The summed E-state index contributed by atoms with van der Waals surface area (Å²) in [6, 6.07) is 45.2. The van der Waals surface area contributed by atoms with Gasteiger partial charge in [0.15, 0.2) is 0 Å². The first-order valence-electron chi connectivity index (χ1n) is 16.2. The lowest BCUT2D eigenvalue weighted by Crippen LogP contribution is -1.87. The van der Waals surface area contributed by atoms with Crippen molar-refractivity contribution in [3.05, 3.63) is 132 Å². The zero-order chi connectivity index (χ0) is 29.0. The van der Waals surface area contributed by atoms with Gasteiger partial charge in [0.1, 0.15) is 0 Å². The second kappa shape index (κ2) is 15.4. The molecule has 0 unspecified atom stereocenters. The van der Waals surface area contributed by atoms with E-state index in [2.05, 4.69) is 135 Å². The van der Waals surface area contributed by atoms with E-state index in [1.165, 1.54) is 120 Å². The molecule has 5 rings (SSSR count). The van der Waals surface area contributed by atoms with Crippen LogP contribution in [0.15, 0.2) is 121 Å². The predicted molar refractivity (Wildman–Crippen MR) is 184 cm³/mol. The molecule has 0 heterocycles. The summed E-state index contributed by atoms with van der Waals surface area (Å²) < 4.78 is 0. The van der Waals surface area contributed by atoms with E-state index in [4.69, 9.17) is 0 Å². The molecular weight excluding hydrogens is 504 g/mol. The molecule has 0 atom stereocenters. The van der Waals surface area contributed by atoms with Crippen LogP contribution in [-0.2, 0) is 12.8 Å². The first-order chi connectivity index (χ1) is 20.7. The maximum Gasteiger partial charge on any atom is -0.0184 e. The topological polar surface area (TPSA) is 0 Å². The van der Waals surface area contributed by atoms with E-state index in [9.17, 15) is 0 Å². The maximum atomic E-state index is 2.30. The lowest BCUT2D eigenvalue weighted by molar-refractivity contribution is 0.667. The van der Waals surface area contributed by atoms with E-state index in [-0.39, 0.29) is 0 Å². The quantitative estimate of drug-likeness (QED) is 0.121. The smallest absolute Gasteiger partial charge is 0.0184 e. The van der Waals surface area contributed by atoms with E-state index in [1.54, 1.807) is 0 Å². The molecule has 5 aromatic carbocycles. The van der Waals surface area contributed by atoms with Crippen molar-refractivity contribution in [2.75, 3.05) is 0 Å². The standard InChI is InChI=1S/C42H46/c1-3-5-7-9-11-33-13-17-35(18-14-33)37-21-25-39(26-22-37)41-29-31-42(32-30-41)40-27-23-38(24-28-40)36-19-15-34(16-20-36)12-10-8-6-4-2/h13-32H,3-12H2,1-2H3. The molecule has 0 aliphatic heterocycles. The van der Waals surface area contributed by atoms with Gasteiger partial charge in [-0.25, -0.2) is 0 Å². The number of aryl methyl sites for hydroxylation is 2. The van der Waals surface area contributed by atoms with Gasteiger partial charge in [-0.05, 0) is 81.3 Å². The van der Waals surface area contributed by atoms with Crippen molar-refractivity contribution in [1.29, 1.82) is 0 Å². The zero-order valence-corrected chi connectivity index (χ0v) is 25.6. The summed E-state index contributed by atoms with van der Waals surface area (Å²) in [5.74, 6) is 0. The number of hydrogen-bond donors (Lipinski definition) is 0. The molecule has 0 N–H and O–H groups in total. The Morgan fingerprint density at radius 1 is 0.262 bits per heavy atom. The normalized spacial score (nSPS) is 11.1. The number of benzene rings is 5. The monoisotopic (exact) mass is 550 g/mol. The Labute approximate surface area is 254 Å². The van der Waals surface area contributed by atoms with Crippen LogP contribution in [0.3, 0.4) is 0 Å². The van der Waals surface area contributed by atoms with Gasteiger partial charge in [-0.3, -0.25) is 0 Å². The van der Waals surface area contributed by atoms with Crippen LogP contribution in [0.1, 0.15) is 76.3 Å². The van der Waals surface area contributed by atoms with Crippen LogP contribution >= 0.6 is 0 Å². The summed E-state index contributed by atoms with van der Waals surface area (Å²) in [6.45, 7) is 4.54. The van der Waals surface area contributed by atoms with E-state index in [1.807, 2.05) is 0 Å². The molecular formula is C42H46. The summed E-state index contributed by atoms with van der Waals surface area (Å²) in [5.41, 5.74) is 13.0. The minimum atomic E-state index is 1.19. The van der Waals surface area contributed by atoms with E-state index >= 15 is 0 Å². The van der Waals surface area contributed by atoms with Gasteiger partial charge in [-0.15, -0.1) is 0 Å². The maximum absolute atomic E-state index is 2.30. The minimum Gasteiger partial charge on any atom is -0.0654 e. The van der Waals surface area contributed by atoms with Gasteiger partial charge in [0.25, 0.3) is 0 Å². The van der Waals surface area contributed by atoms with Crippen LogP contribution in [0, 0.1) is 0 Å². The average molecular weight is 551 g/mol. The first-order valence-corrected chi connectivity index (χ1v) is 16.2. The van der Waals surface area contributed by atoms with E-state index in [0.29, 0.717) is 0 Å². The molecule has 214 valence electrons. The summed E-state index contributed by atoms with van der Waals surface area (Å²) >= 11 is 0. The molecule has 0 aliphatic carbocycles. The molecule has 0 aliphatic rings.